The first kappa shape index (κ1) is 22.3. The molecule has 10 heteroatoms. The van der Waals surface area contributed by atoms with Crippen molar-refractivity contribution in [3.8, 4) is 11.1 Å². The fourth-order valence-corrected chi connectivity index (χ4v) is 2.86. The molecule has 0 radical (unpaired) electrons. The van der Waals surface area contributed by atoms with Gasteiger partial charge in [-0.15, -0.1) is 0 Å². The van der Waals surface area contributed by atoms with E-state index in [1.54, 1.807) is 37.3 Å². The Morgan fingerprint density at radius 1 is 0.935 bits per heavy atom. The van der Waals surface area contributed by atoms with Crippen LogP contribution < -0.4 is 5.32 Å². The van der Waals surface area contributed by atoms with E-state index in [4.69, 9.17) is 0 Å². The molecule has 0 saturated carbocycles. The van der Waals surface area contributed by atoms with Crippen LogP contribution in [0, 0.1) is 6.92 Å². The van der Waals surface area contributed by atoms with Crippen molar-refractivity contribution in [1.29, 1.82) is 0 Å². The number of nitrogens with one attached hydrogen (secondary N) is 1. The van der Waals surface area contributed by atoms with Crippen LogP contribution in [0.2, 0.25) is 0 Å². The molecule has 0 aliphatic carbocycles. The van der Waals surface area contributed by atoms with Crippen LogP contribution in [0.1, 0.15) is 33.0 Å². The zero-order valence-corrected chi connectivity index (χ0v) is 16.0. The first-order valence-corrected chi connectivity index (χ1v) is 8.91. The van der Waals surface area contributed by atoms with Gasteiger partial charge in [-0.1, -0.05) is 30.3 Å². The van der Waals surface area contributed by atoms with Gasteiger partial charge in [0.05, 0.1) is 11.1 Å². The van der Waals surface area contributed by atoms with E-state index in [-0.39, 0.29) is 23.1 Å². The fraction of sp³-hybridized carbons (Fsp3) is 0.190. The number of alkyl halides is 6. The average molecular weight is 439 g/mol. The number of halogens is 6. The number of amides is 1. The van der Waals surface area contributed by atoms with Crippen molar-refractivity contribution in [3.05, 3.63) is 82.9 Å². The van der Waals surface area contributed by atoms with Gasteiger partial charge in [0.2, 0.25) is 0 Å². The SMILES string of the molecule is Cc1ncc(-c2ccccc2)c(C(=O)NCc2cc(C(F)(F)F)cc(C(F)(F)F)c2)n1. The molecule has 0 spiro atoms. The number of hydrogen-bond acceptors (Lipinski definition) is 3. The number of benzene rings is 2. The van der Waals surface area contributed by atoms with Gasteiger partial charge in [0.15, 0.2) is 0 Å². The standard InChI is InChI=1S/C21H15F6N3O/c1-12-28-11-17(14-5-3-2-4-6-14)18(30-12)19(31)29-10-13-7-15(20(22,23)24)9-16(8-13)21(25,26)27/h2-9,11H,10H2,1H3,(H,29,31). The van der Waals surface area contributed by atoms with Gasteiger partial charge in [0.25, 0.3) is 5.91 Å². The maximum atomic E-state index is 13.0. The van der Waals surface area contributed by atoms with Crippen molar-refractivity contribution in [2.45, 2.75) is 25.8 Å². The molecule has 0 fully saturated rings. The highest BCUT2D eigenvalue weighted by Crippen LogP contribution is 2.36. The third-order valence-corrected chi connectivity index (χ3v) is 4.31. The zero-order valence-electron chi connectivity index (χ0n) is 16.0. The summed E-state index contributed by atoms with van der Waals surface area (Å²) >= 11 is 0. The maximum absolute atomic E-state index is 13.0. The van der Waals surface area contributed by atoms with Gasteiger partial charge in [-0.2, -0.15) is 26.3 Å². The smallest absolute Gasteiger partial charge is 0.347 e. The van der Waals surface area contributed by atoms with Crippen molar-refractivity contribution < 1.29 is 31.1 Å². The largest absolute Gasteiger partial charge is 0.416 e. The van der Waals surface area contributed by atoms with Gasteiger partial charge in [0.1, 0.15) is 11.5 Å². The van der Waals surface area contributed by atoms with Gasteiger partial charge in [-0.25, -0.2) is 9.97 Å². The van der Waals surface area contributed by atoms with Crippen LogP contribution in [0.3, 0.4) is 0 Å². The van der Waals surface area contributed by atoms with Crippen molar-refractivity contribution in [2.24, 2.45) is 0 Å². The minimum atomic E-state index is -4.97. The Balaban J connectivity index is 1.90. The minimum absolute atomic E-state index is 0.0343. The monoisotopic (exact) mass is 439 g/mol. The van der Waals surface area contributed by atoms with E-state index in [9.17, 15) is 31.1 Å². The molecule has 162 valence electrons. The summed E-state index contributed by atoms with van der Waals surface area (Å²) in [6.45, 7) is 0.997. The predicted molar refractivity (Wildman–Crippen MR) is 99.8 cm³/mol. The van der Waals surface area contributed by atoms with Gasteiger partial charge in [-0.05, 0) is 36.2 Å². The summed E-state index contributed by atoms with van der Waals surface area (Å²) in [4.78, 5) is 20.8. The zero-order chi connectivity index (χ0) is 22.8. The fourth-order valence-electron chi connectivity index (χ4n) is 2.86. The number of aromatic nitrogens is 2. The van der Waals surface area contributed by atoms with Crippen LogP contribution >= 0.6 is 0 Å². The van der Waals surface area contributed by atoms with Gasteiger partial charge < -0.3 is 5.32 Å². The molecule has 3 aromatic rings. The van der Waals surface area contributed by atoms with Crippen LogP contribution in [-0.2, 0) is 18.9 Å². The first-order valence-electron chi connectivity index (χ1n) is 8.91. The number of carbonyl (C=O) groups is 1. The lowest BCUT2D eigenvalue weighted by atomic mass is 10.0. The first-order chi connectivity index (χ1) is 14.4. The topological polar surface area (TPSA) is 54.9 Å². The summed E-state index contributed by atoms with van der Waals surface area (Å²) in [6.07, 6.45) is -8.51. The quantitative estimate of drug-likeness (QED) is 0.553. The summed E-state index contributed by atoms with van der Waals surface area (Å²) in [5.41, 5.74) is -2.28. The van der Waals surface area contributed by atoms with Gasteiger partial charge in [0, 0.05) is 18.3 Å². The van der Waals surface area contributed by atoms with Crippen LogP contribution in [-0.4, -0.2) is 15.9 Å². The summed E-state index contributed by atoms with van der Waals surface area (Å²) < 4.78 is 78.1. The second kappa shape index (κ2) is 8.37. The van der Waals surface area contributed by atoms with E-state index in [2.05, 4.69) is 15.3 Å². The molecule has 1 amide bonds. The molecule has 2 aromatic carbocycles. The van der Waals surface area contributed by atoms with Crippen molar-refractivity contribution in [3.63, 3.8) is 0 Å². The van der Waals surface area contributed by atoms with E-state index in [1.807, 2.05) is 0 Å². The molecule has 3 rings (SSSR count). The van der Waals surface area contributed by atoms with E-state index in [0.29, 0.717) is 23.3 Å². The molecular weight excluding hydrogens is 424 g/mol. The molecule has 4 nitrogen and oxygen atoms in total. The van der Waals surface area contributed by atoms with Crippen molar-refractivity contribution in [2.75, 3.05) is 0 Å². The van der Waals surface area contributed by atoms with Gasteiger partial charge in [-0.3, -0.25) is 4.79 Å². The highest BCUT2D eigenvalue weighted by atomic mass is 19.4. The van der Waals surface area contributed by atoms with E-state index in [1.165, 1.54) is 6.20 Å². The highest BCUT2D eigenvalue weighted by molar-refractivity contribution is 5.98. The lowest BCUT2D eigenvalue weighted by Gasteiger charge is -2.15. The molecule has 31 heavy (non-hydrogen) atoms. The number of rotatable bonds is 4. The Morgan fingerprint density at radius 3 is 2.06 bits per heavy atom. The minimum Gasteiger partial charge on any atom is -0.347 e. The summed E-state index contributed by atoms with van der Waals surface area (Å²) in [5, 5.41) is 2.35. The normalized spacial score (nSPS) is 12.0. The molecule has 0 aliphatic heterocycles. The molecule has 0 atom stereocenters. The van der Waals surface area contributed by atoms with Crippen LogP contribution in [0.15, 0.2) is 54.7 Å². The molecule has 0 saturated heterocycles. The van der Waals surface area contributed by atoms with E-state index in [0.717, 1.165) is 0 Å². The third kappa shape index (κ3) is 5.39. The maximum Gasteiger partial charge on any atom is 0.416 e. The molecule has 1 aromatic heterocycles. The highest BCUT2D eigenvalue weighted by Gasteiger charge is 2.36. The van der Waals surface area contributed by atoms with Crippen molar-refractivity contribution in [1.82, 2.24) is 15.3 Å². The Labute approximate surface area is 173 Å². The van der Waals surface area contributed by atoms with Gasteiger partial charge >= 0.3 is 12.4 Å². The van der Waals surface area contributed by atoms with Crippen molar-refractivity contribution >= 4 is 5.91 Å². The molecule has 1 N–H and O–H groups in total. The number of hydrogen-bond donors (Lipinski definition) is 1. The lowest BCUT2D eigenvalue weighted by Crippen LogP contribution is -2.25. The molecule has 0 aliphatic rings. The molecule has 0 unspecified atom stereocenters. The Hall–Kier alpha value is -3.43. The predicted octanol–water partition coefficient (Wildman–Crippen LogP) is 5.42. The molecular formula is C21H15F6N3O. The van der Waals surface area contributed by atoms with E-state index >= 15 is 0 Å². The number of carbonyl (C=O) groups excluding carboxylic acids is 1. The van der Waals surface area contributed by atoms with Crippen LogP contribution in [0.25, 0.3) is 11.1 Å². The van der Waals surface area contributed by atoms with Crippen LogP contribution in [0.4, 0.5) is 26.3 Å². The summed E-state index contributed by atoms with van der Waals surface area (Å²) in [6, 6.07) is 9.84. The molecule has 0 bridgehead atoms. The summed E-state index contributed by atoms with van der Waals surface area (Å²) in [5.74, 6) is -0.474. The lowest BCUT2D eigenvalue weighted by molar-refractivity contribution is -0.143. The van der Waals surface area contributed by atoms with Crippen LogP contribution in [0.5, 0.6) is 0 Å². The number of aryl methyl sites for hydroxylation is 1. The second-order valence-electron chi connectivity index (χ2n) is 6.64. The number of nitrogens with zero attached hydrogens (tertiary/aromatic N) is 2. The third-order valence-electron chi connectivity index (χ3n) is 4.31. The average Bonchev–Trinajstić information content (AvgIpc) is 2.71. The Bertz CT molecular complexity index is 1060. The van der Waals surface area contributed by atoms with E-state index < -0.39 is 35.9 Å². The molecule has 1 heterocycles. The Morgan fingerprint density at radius 2 is 1.52 bits per heavy atom. The second-order valence-corrected chi connectivity index (χ2v) is 6.64. The summed E-state index contributed by atoms with van der Waals surface area (Å²) in [7, 11) is 0. The Kier molecular flexibility index (Phi) is 6.01.